The number of halogens is 3. The van der Waals surface area contributed by atoms with Crippen LogP contribution < -0.4 is 24.2 Å². The summed E-state index contributed by atoms with van der Waals surface area (Å²) in [6.07, 6.45) is -0.818. The molecule has 33 heavy (non-hydrogen) atoms. The van der Waals surface area contributed by atoms with Gasteiger partial charge in [-0.1, -0.05) is 11.8 Å². The Morgan fingerprint density at radius 2 is 2.00 bits per heavy atom. The highest BCUT2D eigenvalue weighted by molar-refractivity contribution is 8.08. The minimum atomic E-state index is -4.46. The van der Waals surface area contributed by atoms with Crippen LogP contribution in [0, 0.1) is 0 Å². The Hall–Kier alpha value is -3.05. The molecule has 0 saturated heterocycles. The zero-order chi connectivity index (χ0) is 23.9. The zero-order valence-corrected chi connectivity index (χ0v) is 19.5. The molecule has 1 aliphatic rings. The van der Waals surface area contributed by atoms with E-state index in [1.807, 2.05) is 36.0 Å². The van der Waals surface area contributed by atoms with Crippen molar-refractivity contribution in [3.63, 3.8) is 0 Å². The first-order valence-electron chi connectivity index (χ1n) is 9.70. The molecule has 0 radical (unpaired) electrons. The predicted octanol–water partition coefficient (Wildman–Crippen LogP) is 2.06. The number of fused-ring (bicyclic) bond motifs is 1. The monoisotopic (exact) mass is 494 g/mol. The van der Waals surface area contributed by atoms with Gasteiger partial charge in [0.05, 0.1) is 18.4 Å². The van der Waals surface area contributed by atoms with Gasteiger partial charge in [-0.15, -0.1) is 11.3 Å². The van der Waals surface area contributed by atoms with Gasteiger partial charge in [-0.25, -0.2) is 4.57 Å². The fraction of sp³-hybridized carbons (Fsp3) is 0.227. The zero-order valence-electron chi connectivity index (χ0n) is 17.8. The van der Waals surface area contributed by atoms with Crippen molar-refractivity contribution in [3.05, 3.63) is 73.4 Å². The van der Waals surface area contributed by atoms with Gasteiger partial charge in [0.25, 0.3) is 5.56 Å². The maximum Gasteiger partial charge on any atom is 0.416 e. The number of thiazole rings is 1. The van der Waals surface area contributed by atoms with Crippen LogP contribution in [0.25, 0.3) is 11.1 Å². The van der Waals surface area contributed by atoms with Crippen molar-refractivity contribution < 1.29 is 27.3 Å². The van der Waals surface area contributed by atoms with Crippen molar-refractivity contribution in [1.29, 1.82) is 0 Å². The molecular formula is C22H19F3N3O3S2+. The molecule has 0 bridgehead atoms. The van der Waals surface area contributed by atoms with E-state index in [0.717, 1.165) is 29.6 Å². The minimum Gasteiger partial charge on any atom is -0.468 e. The molecule has 1 aromatic carbocycles. The Morgan fingerprint density at radius 1 is 1.24 bits per heavy atom. The van der Waals surface area contributed by atoms with Gasteiger partial charge >= 0.3 is 12.1 Å². The number of ether oxygens (including phenoxy) is 1. The summed E-state index contributed by atoms with van der Waals surface area (Å²) in [6.45, 7) is -0.277. The smallest absolute Gasteiger partial charge is 0.416 e. The molecule has 3 aromatic rings. The summed E-state index contributed by atoms with van der Waals surface area (Å²) in [5.41, 5.74) is 0.228. The number of methoxy groups -OCH3 is 1. The number of esters is 1. The van der Waals surface area contributed by atoms with E-state index in [0.29, 0.717) is 24.8 Å². The lowest BCUT2D eigenvalue weighted by Crippen LogP contribution is -2.37. The van der Waals surface area contributed by atoms with Crippen LogP contribution in [0.15, 0.2) is 52.3 Å². The number of anilines is 1. The van der Waals surface area contributed by atoms with Crippen LogP contribution in [0.1, 0.15) is 11.3 Å². The van der Waals surface area contributed by atoms with E-state index in [9.17, 15) is 22.8 Å². The van der Waals surface area contributed by atoms with Gasteiger partial charge in [0.15, 0.2) is 6.20 Å². The molecule has 172 valence electrons. The number of hydrogen-bond donors (Lipinski definition) is 0. The Kier molecular flexibility index (Phi) is 6.10. The fourth-order valence-electron chi connectivity index (χ4n) is 3.35. The summed E-state index contributed by atoms with van der Waals surface area (Å²) in [4.78, 5) is 27.4. The van der Waals surface area contributed by atoms with Gasteiger partial charge in [-0.2, -0.15) is 13.2 Å². The molecule has 0 unspecified atom stereocenters. The van der Waals surface area contributed by atoms with Crippen LogP contribution in [-0.4, -0.2) is 24.7 Å². The molecule has 0 spiro atoms. The third kappa shape index (κ3) is 4.42. The third-order valence-corrected chi connectivity index (χ3v) is 7.61. The Bertz CT molecular complexity index is 1430. The van der Waals surface area contributed by atoms with E-state index < -0.39 is 23.3 Å². The first-order chi connectivity index (χ1) is 15.6. The molecule has 0 atom stereocenters. The molecule has 0 fully saturated rings. The Morgan fingerprint density at radius 3 is 2.67 bits per heavy atom. The number of rotatable bonds is 3. The molecular weight excluding hydrogens is 475 g/mol. The normalized spacial score (nSPS) is 15.7. The van der Waals surface area contributed by atoms with Gasteiger partial charge in [0.2, 0.25) is 5.69 Å². The number of alkyl halides is 3. The fourth-order valence-corrected chi connectivity index (χ4v) is 5.79. The topological polar surface area (TPSA) is 55.4 Å². The van der Waals surface area contributed by atoms with Crippen LogP contribution in [0.3, 0.4) is 0 Å². The number of aromatic nitrogens is 2. The summed E-state index contributed by atoms with van der Waals surface area (Å²) in [5.74, 6) is -0.580. The number of carbonyl (C=O) groups excluding carboxylic acids is 1. The number of benzene rings is 1. The molecule has 1 aliphatic heterocycles. The number of nitrogens with zero attached hydrogens (tertiary/aromatic N) is 3. The van der Waals surface area contributed by atoms with Crippen molar-refractivity contribution in [1.82, 2.24) is 4.57 Å². The molecule has 0 amide bonds. The van der Waals surface area contributed by atoms with Crippen LogP contribution in [0.5, 0.6) is 0 Å². The first-order valence-corrected chi connectivity index (χ1v) is 11.3. The number of carbonyl (C=O) groups is 1. The number of hydrogen-bond acceptors (Lipinski definition) is 6. The summed E-state index contributed by atoms with van der Waals surface area (Å²) < 4.78 is 48.3. The number of thioether (sulfide) groups is 1. The lowest BCUT2D eigenvalue weighted by Gasteiger charge is -2.13. The van der Waals surface area contributed by atoms with Crippen molar-refractivity contribution in [2.24, 2.45) is 7.05 Å². The van der Waals surface area contributed by atoms with Crippen LogP contribution in [0.4, 0.5) is 18.9 Å². The molecule has 6 nitrogen and oxygen atoms in total. The summed E-state index contributed by atoms with van der Waals surface area (Å²) in [7, 11) is 4.80. The minimum absolute atomic E-state index is 0.277. The predicted molar refractivity (Wildman–Crippen MR) is 120 cm³/mol. The third-order valence-electron chi connectivity index (χ3n) is 5.15. The Balaban J connectivity index is 1.92. The van der Waals surface area contributed by atoms with Gasteiger partial charge in [-0.05, 0) is 24.3 Å². The Labute approximate surface area is 194 Å². The van der Waals surface area contributed by atoms with Gasteiger partial charge in [0.1, 0.15) is 27.8 Å². The van der Waals surface area contributed by atoms with Crippen molar-refractivity contribution >= 4 is 45.9 Å². The average molecular weight is 495 g/mol. The van der Waals surface area contributed by atoms with Crippen molar-refractivity contribution in [2.75, 3.05) is 19.1 Å². The molecule has 11 heteroatoms. The molecule has 0 saturated carbocycles. The van der Waals surface area contributed by atoms with Crippen LogP contribution in [-0.2, 0) is 29.3 Å². The van der Waals surface area contributed by atoms with Gasteiger partial charge in [0, 0.05) is 30.2 Å². The standard InChI is InChI=1S/C22H19F3N3O3S2/c1-26-9-5-4-6-14(26)11-17-28(12-18(29)31-3)20(30)19(33-17)21-27(2)15-8-7-13(22(23,24)25)10-16(15)32-21/h4-11H,12H2,1-3H3/q+1/b21-19+. The number of aryl methyl sites for hydroxylation is 1. The number of pyridine rings is 1. The van der Waals surface area contributed by atoms with Gasteiger partial charge < -0.3 is 9.64 Å². The second-order valence-corrected chi connectivity index (χ2v) is 9.33. The maximum atomic E-state index is 13.3. The van der Waals surface area contributed by atoms with Crippen LogP contribution in [0.2, 0.25) is 0 Å². The molecule has 3 heterocycles. The van der Waals surface area contributed by atoms with E-state index in [-0.39, 0.29) is 6.54 Å². The van der Waals surface area contributed by atoms with Gasteiger partial charge in [-0.3, -0.25) is 14.2 Å². The molecule has 0 N–H and O–H groups in total. The summed E-state index contributed by atoms with van der Waals surface area (Å²) in [6, 6.07) is 9.09. The maximum absolute atomic E-state index is 13.3. The second-order valence-electron chi connectivity index (χ2n) is 7.26. The quantitative estimate of drug-likeness (QED) is 0.412. The molecule has 2 aromatic heterocycles. The van der Waals surface area contributed by atoms with Crippen molar-refractivity contribution in [3.8, 4) is 0 Å². The lowest BCUT2D eigenvalue weighted by atomic mass is 10.2. The van der Waals surface area contributed by atoms with Crippen LogP contribution >= 0.6 is 23.1 Å². The van der Waals surface area contributed by atoms with Crippen molar-refractivity contribution in [2.45, 2.75) is 17.6 Å². The van der Waals surface area contributed by atoms with E-state index in [1.165, 1.54) is 29.1 Å². The SMILES string of the molecule is COC(=O)Cn1c(=O)/c(=C2\Sc3cc(C(F)(F)F)ccc3N2C)s/c1=C\c1cccc[n+]1C. The van der Waals surface area contributed by atoms with E-state index in [2.05, 4.69) is 0 Å². The summed E-state index contributed by atoms with van der Waals surface area (Å²) in [5, 5.41) is 0.509. The highest BCUT2D eigenvalue weighted by atomic mass is 32.2. The largest absolute Gasteiger partial charge is 0.468 e. The molecule has 4 rings (SSSR count). The highest BCUT2D eigenvalue weighted by Gasteiger charge is 2.33. The highest BCUT2D eigenvalue weighted by Crippen LogP contribution is 2.47. The lowest BCUT2D eigenvalue weighted by molar-refractivity contribution is -0.673. The van der Waals surface area contributed by atoms with E-state index in [1.54, 1.807) is 18.0 Å². The molecule has 0 aliphatic carbocycles. The summed E-state index contributed by atoms with van der Waals surface area (Å²) >= 11 is 2.28. The second kappa shape index (κ2) is 8.71. The first kappa shape index (κ1) is 23.1. The van der Waals surface area contributed by atoms with E-state index >= 15 is 0 Å². The van der Waals surface area contributed by atoms with E-state index in [4.69, 9.17) is 4.74 Å². The average Bonchev–Trinajstić information content (AvgIpc) is 3.25.